The Balaban J connectivity index is 0.000000359. The Labute approximate surface area is 145 Å². The van der Waals surface area contributed by atoms with Crippen molar-refractivity contribution >= 4 is 16.0 Å². The molecule has 2 rings (SSSR count). The predicted molar refractivity (Wildman–Crippen MR) is 73.9 cm³/mol. The fourth-order valence-electron chi connectivity index (χ4n) is 1.92. The van der Waals surface area contributed by atoms with Crippen LogP contribution in [0.5, 0.6) is 0 Å². The van der Waals surface area contributed by atoms with E-state index in [4.69, 9.17) is 28.5 Å². The highest BCUT2D eigenvalue weighted by Gasteiger charge is 2.47. The smallest absolute Gasteiger partial charge is 0.485 e. The molecule has 0 aromatic carbocycles. The van der Waals surface area contributed by atoms with Crippen LogP contribution in [-0.2, 0) is 14.9 Å². The molecule has 10 nitrogen and oxygen atoms in total. The topological polar surface area (TPSA) is 174 Å². The zero-order valence-corrected chi connectivity index (χ0v) is 13.6. The summed E-state index contributed by atoms with van der Waals surface area (Å²) < 4.78 is 65.7. The number of pyridine rings is 1. The average molecular weight is 404 g/mol. The van der Waals surface area contributed by atoms with E-state index < -0.39 is 52.7 Å². The first kappa shape index (κ1) is 22.2. The lowest BCUT2D eigenvalue weighted by Gasteiger charge is -2.09. The maximum Gasteiger partial charge on any atom is 0.485 e. The number of amides is 1. The zero-order chi connectivity index (χ0) is 20.3. The molecule has 1 aromatic heterocycles. The Kier molecular flexibility index (Phi) is 7.03. The number of nitrogens with two attached hydrogens (primary N) is 1. The summed E-state index contributed by atoms with van der Waals surface area (Å²) in [6, 6.07) is 3.11. The number of aliphatic hydroxyl groups excluding tert-OH is 3. The molecular weight excluding hydrogens is 389 g/mol. The molecule has 1 amide bonds. The van der Waals surface area contributed by atoms with Gasteiger partial charge < -0.3 is 30.3 Å². The Morgan fingerprint density at radius 3 is 2.27 bits per heavy atom. The van der Waals surface area contributed by atoms with Crippen molar-refractivity contribution in [3.8, 4) is 0 Å². The minimum absolute atomic E-state index is 0.259. The van der Waals surface area contributed by atoms with Gasteiger partial charge in [0.1, 0.15) is 17.8 Å². The van der Waals surface area contributed by atoms with Crippen molar-refractivity contribution in [3.63, 3.8) is 0 Å². The van der Waals surface area contributed by atoms with E-state index in [-0.39, 0.29) is 5.56 Å². The molecular formula is C12H15F3N2O8S. The van der Waals surface area contributed by atoms with Gasteiger partial charge in [-0.15, -0.1) is 0 Å². The molecule has 1 aliphatic heterocycles. The van der Waals surface area contributed by atoms with E-state index >= 15 is 0 Å². The summed E-state index contributed by atoms with van der Waals surface area (Å²) >= 11 is 0. The second kappa shape index (κ2) is 8.24. The maximum absolute atomic E-state index is 11.1. The summed E-state index contributed by atoms with van der Waals surface area (Å²) in [4.78, 5) is 11.1. The summed E-state index contributed by atoms with van der Waals surface area (Å²) in [7, 11) is -6.09. The highest BCUT2D eigenvalue weighted by atomic mass is 32.2. The minimum atomic E-state index is -6.09. The van der Waals surface area contributed by atoms with Gasteiger partial charge in [-0.3, -0.25) is 4.79 Å². The largest absolute Gasteiger partial charge is 0.741 e. The number of carbonyl (C=O) groups is 1. The van der Waals surface area contributed by atoms with E-state index in [0.29, 0.717) is 0 Å². The predicted octanol–water partition coefficient (Wildman–Crippen LogP) is -2.26. The number of ether oxygens (including phenoxy) is 1. The number of aromatic nitrogens is 1. The van der Waals surface area contributed by atoms with Gasteiger partial charge in [0.25, 0.3) is 12.1 Å². The molecule has 1 saturated heterocycles. The Hall–Kier alpha value is -1.84. The molecule has 0 aliphatic carbocycles. The van der Waals surface area contributed by atoms with Crippen molar-refractivity contribution in [2.75, 3.05) is 6.61 Å². The fourth-order valence-corrected chi connectivity index (χ4v) is 1.92. The highest BCUT2D eigenvalue weighted by molar-refractivity contribution is 7.86. The molecule has 1 aliphatic rings. The monoisotopic (exact) mass is 404 g/mol. The van der Waals surface area contributed by atoms with E-state index in [2.05, 4.69) is 0 Å². The molecule has 26 heavy (non-hydrogen) atoms. The molecule has 5 N–H and O–H groups in total. The zero-order valence-electron chi connectivity index (χ0n) is 12.8. The van der Waals surface area contributed by atoms with Crippen LogP contribution in [0, 0.1) is 0 Å². The number of hydrogen-bond donors (Lipinski definition) is 4. The molecule has 1 aromatic rings. The number of aliphatic hydroxyl groups is 3. The standard InChI is InChI=1S/C11H14N2O5.CHF3O3S/c12-10(17)6-2-1-3-13(4-6)11-9(16)8(15)7(5-14)18-11;2-1(3,4)8(5,6)7/h1-4,7-9,11,14-16H,5H2,(H-,12,17);(H,5,6,7)/t7-,8+,9?,11-;/m1./s1. The third kappa shape index (κ3) is 5.33. The van der Waals surface area contributed by atoms with Gasteiger partial charge in [0.05, 0.1) is 6.61 Å². The number of alkyl halides is 3. The maximum atomic E-state index is 11.1. The van der Waals surface area contributed by atoms with Crippen LogP contribution in [-0.4, -0.2) is 64.6 Å². The van der Waals surface area contributed by atoms with E-state index in [1.54, 1.807) is 12.3 Å². The molecule has 1 unspecified atom stereocenters. The number of hydrogen-bond acceptors (Lipinski definition) is 8. The van der Waals surface area contributed by atoms with Crippen LogP contribution in [0.25, 0.3) is 0 Å². The van der Waals surface area contributed by atoms with Crippen LogP contribution in [0.1, 0.15) is 16.6 Å². The molecule has 0 radical (unpaired) electrons. The highest BCUT2D eigenvalue weighted by Crippen LogP contribution is 2.25. The first-order chi connectivity index (χ1) is 11.8. The van der Waals surface area contributed by atoms with Gasteiger partial charge in [-0.05, 0) is 6.07 Å². The molecule has 2 heterocycles. The van der Waals surface area contributed by atoms with Crippen LogP contribution < -0.4 is 10.3 Å². The van der Waals surface area contributed by atoms with Crippen LogP contribution in [0.15, 0.2) is 24.5 Å². The average Bonchev–Trinajstić information content (AvgIpc) is 2.81. The number of nitrogens with zero attached hydrogens (tertiary/aromatic N) is 1. The van der Waals surface area contributed by atoms with Gasteiger partial charge in [-0.1, -0.05) is 0 Å². The lowest BCUT2D eigenvalue weighted by atomic mass is 10.1. The second-order valence-electron chi connectivity index (χ2n) is 5.03. The SMILES string of the molecule is NC(=O)c1ccc[n+]([C@@H]2O[C@H](CO)[C@H](O)C2O)c1.O=S(=O)([O-])C(F)(F)F. The number of carbonyl (C=O) groups excluding carboxylic acids is 1. The van der Waals surface area contributed by atoms with Gasteiger partial charge in [0, 0.05) is 6.07 Å². The van der Waals surface area contributed by atoms with Crippen molar-refractivity contribution in [2.45, 2.75) is 30.0 Å². The Morgan fingerprint density at radius 1 is 1.35 bits per heavy atom. The third-order valence-electron chi connectivity index (χ3n) is 3.20. The summed E-state index contributed by atoms with van der Waals surface area (Å²) in [5, 5.41) is 28.4. The molecule has 14 heteroatoms. The van der Waals surface area contributed by atoms with Gasteiger partial charge in [-0.25, -0.2) is 8.42 Å². The molecule has 0 bridgehead atoms. The van der Waals surface area contributed by atoms with Crippen LogP contribution in [0.3, 0.4) is 0 Å². The molecule has 4 atom stereocenters. The van der Waals surface area contributed by atoms with Gasteiger partial charge in [-0.2, -0.15) is 17.7 Å². The molecule has 148 valence electrons. The van der Waals surface area contributed by atoms with Gasteiger partial charge in [0.15, 0.2) is 28.6 Å². The first-order valence-corrected chi connectivity index (χ1v) is 8.15. The van der Waals surface area contributed by atoms with E-state index in [0.717, 1.165) is 0 Å². The van der Waals surface area contributed by atoms with Crippen LogP contribution in [0.2, 0.25) is 0 Å². The second-order valence-corrected chi connectivity index (χ2v) is 6.40. The number of primary amides is 1. The van der Waals surface area contributed by atoms with Crippen LogP contribution in [0.4, 0.5) is 13.2 Å². The Bertz CT molecular complexity index is 742. The van der Waals surface area contributed by atoms with Crippen molar-refractivity contribution < 1.29 is 55.6 Å². The van der Waals surface area contributed by atoms with Gasteiger partial charge in [0.2, 0.25) is 0 Å². The van der Waals surface area contributed by atoms with Crippen LogP contribution >= 0.6 is 0 Å². The number of halogens is 3. The van der Waals surface area contributed by atoms with Crippen molar-refractivity contribution in [1.82, 2.24) is 0 Å². The normalized spacial score (nSPS) is 26.1. The van der Waals surface area contributed by atoms with Crippen molar-refractivity contribution in [3.05, 3.63) is 30.1 Å². The quantitative estimate of drug-likeness (QED) is 0.248. The third-order valence-corrected chi connectivity index (χ3v) is 3.77. The minimum Gasteiger partial charge on any atom is -0.741 e. The summed E-state index contributed by atoms with van der Waals surface area (Å²) in [6.07, 6.45) is -1.08. The molecule has 0 spiro atoms. The van der Waals surface area contributed by atoms with E-state index in [1.165, 1.54) is 16.8 Å². The Morgan fingerprint density at radius 2 is 1.88 bits per heavy atom. The summed E-state index contributed by atoms with van der Waals surface area (Å²) in [5.74, 6) is -0.601. The molecule has 0 saturated carbocycles. The molecule has 1 fully saturated rings. The lowest BCUT2D eigenvalue weighted by molar-refractivity contribution is -0.765. The summed E-state index contributed by atoms with van der Waals surface area (Å²) in [5.41, 5.74) is -0.235. The van der Waals surface area contributed by atoms with Crippen molar-refractivity contribution in [1.29, 1.82) is 0 Å². The summed E-state index contributed by atoms with van der Waals surface area (Å²) in [6.45, 7) is -0.398. The van der Waals surface area contributed by atoms with Crippen molar-refractivity contribution in [2.24, 2.45) is 5.73 Å². The van der Waals surface area contributed by atoms with E-state index in [9.17, 15) is 28.2 Å². The lowest BCUT2D eigenvalue weighted by Crippen LogP contribution is -2.46. The van der Waals surface area contributed by atoms with Gasteiger partial charge >= 0.3 is 5.51 Å². The fraction of sp³-hybridized carbons (Fsp3) is 0.500. The van der Waals surface area contributed by atoms with E-state index in [1.807, 2.05) is 0 Å². The number of rotatable bonds is 3. The first-order valence-electron chi connectivity index (χ1n) is 6.74.